The SMILES string of the molecule is CCCCC(CC)C(O)n1c(=S)n(C(O)C(CC)CCCC)c2ccccc21. The Kier molecular flexibility index (Phi) is 9.19. The summed E-state index contributed by atoms with van der Waals surface area (Å²) in [5, 5.41) is 22.4. The van der Waals surface area contributed by atoms with Gasteiger partial charge in [0, 0.05) is 11.8 Å². The smallest absolute Gasteiger partial charge is 0.185 e. The highest BCUT2D eigenvalue weighted by Gasteiger charge is 2.27. The molecule has 0 aliphatic carbocycles. The zero-order valence-electron chi connectivity index (χ0n) is 18.0. The number of nitrogens with zero attached hydrogens (tertiary/aromatic N) is 2. The highest BCUT2D eigenvalue weighted by Crippen LogP contribution is 2.33. The van der Waals surface area contributed by atoms with E-state index in [4.69, 9.17) is 12.2 Å². The van der Waals surface area contributed by atoms with Gasteiger partial charge in [0.2, 0.25) is 0 Å². The predicted molar refractivity (Wildman–Crippen MR) is 120 cm³/mol. The maximum absolute atomic E-state index is 11.2. The third-order valence-corrected chi connectivity index (χ3v) is 6.48. The van der Waals surface area contributed by atoms with E-state index in [0.29, 0.717) is 4.77 Å². The molecule has 1 heterocycles. The molecule has 0 aliphatic heterocycles. The van der Waals surface area contributed by atoms with Crippen LogP contribution in [0.2, 0.25) is 0 Å². The van der Waals surface area contributed by atoms with E-state index in [1.807, 2.05) is 33.4 Å². The summed E-state index contributed by atoms with van der Waals surface area (Å²) in [5.74, 6) is 0.315. The van der Waals surface area contributed by atoms with Crippen molar-refractivity contribution in [2.24, 2.45) is 11.8 Å². The van der Waals surface area contributed by atoms with Crippen LogP contribution in [0.1, 0.15) is 91.5 Å². The van der Waals surface area contributed by atoms with E-state index in [9.17, 15) is 10.2 Å². The number of imidazole rings is 1. The Labute approximate surface area is 175 Å². The summed E-state index contributed by atoms with van der Waals surface area (Å²) in [5.41, 5.74) is 1.80. The Morgan fingerprint density at radius 1 is 0.786 bits per heavy atom. The molecule has 4 nitrogen and oxygen atoms in total. The van der Waals surface area contributed by atoms with Crippen LogP contribution >= 0.6 is 12.2 Å². The number of aliphatic hydroxyl groups excluding tert-OH is 2. The van der Waals surface area contributed by atoms with Gasteiger partial charge in [0.05, 0.1) is 11.0 Å². The minimum atomic E-state index is -0.668. The van der Waals surface area contributed by atoms with E-state index in [0.717, 1.165) is 62.4 Å². The van der Waals surface area contributed by atoms with Gasteiger partial charge in [-0.1, -0.05) is 65.5 Å². The zero-order valence-corrected chi connectivity index (χ0v) is 18.8. The Morgan fingerprint density at radius 2 is 1.18 bits per heavy atom. The summed E-state index contributed by atoms with van der Waals surface area (Å²) in [6.45, 7) is 8.60. The number of hydrogen-bond donors (Lipinski definition) is 2. The number of benzene rings is 1. The van der Waals surface area contributed by atoms with Crippen LogP contribution in [-0.2, 0) is 0 Å². The molecule has 0 spiro atoms. The van der Waals surface area contributed by atoms with Gasteiger partial charge < -0.3 is 10.2 Å². The number of aliphatic hydroxyl groups is 2. The normalized spacial score (nSPS) is 16.2. The van der Waals surface area contributed by atoms with Crippen LogP contribution in [0.4, 0.5) is 0 Å². The third kappa shape index (κ3) is 4.87. The van der Waals surface area contributed by atoms with E-state index in [-0.39, 0.29) is 11.8 Å². The average Bonchev–Trinajstić information content (AvgIpc) is 3.00. The quantitative estimate of drug-likeness (QED) is 0.391. The summed E-state index contributed by atoms with van der Waals surface area (Å²) in [4.78, 5) is 0. The predicted octanol–water partition coefficient (Wildman–Crippen LogP) is 6.59. The van der Waals surface area contributed by atoms with E-state index < -0.39 is 12.5 Å². The van der Waals surface area contributed by atoms with Gasteiger partial charge in [0.25, 0.3) is 0 Å². The first-order valence-electron chi connectivity index (χ1n) is 11.1. The Hall–Kier alpha value is -1.17. The average molecular weight is 407 g/mol. The topological polar surface area (TPSA) is 50.3 Å². The highest BCUT2D eigenvalue weighted by atomic mass is 32.1. The van der Waals surface area contributed by atoms with Gasteiger partial charge >= 0.3 is 0 Å². The number of fused-ring (bicyclic) bond motifs is 1. The number of rotatable bonds is 12. The van der Waals surface area contributed by atoms with Crippen LogP contribution in [-0.4, -0.2) is 19.3 Å². The number of hydrogen-bond acceptors (Lipinski definition) is 3. The fourth-order valence-electron chi connectivity index (χ4n) is 4.19. The first-order valence-corrected chi connectivity index (χ1v) is 11.5. The molecule has 0 fully saturated rings. The molecule has 4 atom stereocenters. The van der Waals surface area contributed by atoms with Crippen molar-refractivity contribution < 1.29 is 10.2 Å². The molecule has 158 valence electrons. The van der Waals surface area contributed by atoms with E-state index in [1.54, 1.807) is 0 Å². The monoisotopic (exact) mass is 406 g/mol. The molecule has 0 saturated carbocycles. The number of unbranched alkanes of at least 4 members (excludes halogenated alkanes) is 2. The van der Waals surface area contributed by atoms with Gasteiger partial charge in [0.1, 0.15) is 12.5 Å². The van der Waals surface area contributed by atoms with Crippen molar-refractivity contribution in [3.63, 3.8) is 0 Å². The Bertz CT molecular complexity index is 720. The van der Waals surface area contributed by atoms with Gasteiger partial charge in [0.15, 0.2) is 4.77 Å². The van der Waals surface area contributed by atoms with Crippen molar-refractivity contribution in [1.82, 2.24) is 9.13 Å². The first kappa shape index (κ1) is 23.1. The summed E-state index contributed by atoms with van der Waals surface area (Å²) in [7, 11) is 0. The molecule has 0 radical (unpaired) electrons. The number of aromatic nitrogens is 2. The van der Waals surface area contributed by atoms with Crippen molar-refractivity contribution in [2.45, 2.75) is 91.5 Å². The van der Waals surface area contributed by atoms with Crippen LogP contribution in [0.25, 0.3) is 11.0 Å². The maximum Gasteiger partial charge on any atom is 0.185 e. The van der Waals surface area contributed by atoms with Gasteiger partial charge in [-0.05, 0) is 50.0 Å². The minimum absolute atomic E-state index is 0.158. The summed E-state index contributed by atoms with van der Waals surface area (Å²) >= 11 is 5.81. The van der Waals surface area contributed by atoms with E-state index in [2.05, 4.69) is 27.7 Å². The lowest BCUT2D eigenvalue weighted by Gasteiger charge is -2.25. The Balaban J connectivity index is 2.52. The fraction of sp³-hybridized carbons (Fsp3) is 0.696. The van der Waals surface area contributed by atoms with Gasteiger partial charge in [-0.25, -0.2) is 0 Å². The molecule has 0 amide bonds. The van der Waals surface area contributed by atoms with Crippen molar-refractivity contribution in [2.75, 3.05) is 0 Å². The maximum atomic E-state index is 11.2. The molecule has 0 bridgehead atoms. The summed E-state index contributed by atoms with van der Waals surface area (Å²) < 4.78 is 4.25. The van der Waals surface area contributed by atoms with Crippen molar-refractivity contribution >= 4 is 23.3 Å². The largest absolute Gasteiger partial charge is 0.373 e. The van der Waals surface area contributed by atoms with Crippen LogP contribution < -0.4 is 0 Å². The molecule has 4 unspecified atom stereocenters. The fourth-order valence-corrected chi connectivity index (χ4v) is 4.60. The molecule has 1 aromatic carbocycles. The van der Waals surface area contributed by atoms with Crippen LogP contribution in [0.15, 0.2) is 24.3 Å². The second-order valence-electron chi connectivity index (χ2n) is 7.96. The lowest BCUT2D eigenvalue weighted by molar-refractivity contribution is 0.0218. The minimum Gasteiger partial charge on any atom is -0.373 e. The molecular weight excluding hydrogens is 368 g/mol. The lowest BCUT2D eigenvalue weighted by atomic mass is 9.97. The molecule has 1 aromatic heterocycles. The van der Waals surface area contributed by atoms with Gasteiger partial charge in [-0.15, -0.1) is 0 Å². The molecule has 2 N–H and O–H groups in total. The van der Waals surface area contributed by atoms with E-state index >= 15 is 0 Å². The zero-order chi connectivity index (χ0) is 20.7. The lowest BCUT2D eigenvalue weighted by Crippen LogP contribution is -2.22. The molecule has 28 heavy (non-hydrogen) atoms. The molecule has 0 aliphatic rings. The third-order valence-electron chi connectivity index (χ3n) is 6.09. The Morgan fingerprint density at radius 3 is 1.50 bits per heavy atom. The highest BCUT2D eigenvalue weighted by molar-refractivity contribution is 7.71. The van der Waals surface area contributed by atoms with Crippen molar-refractivity contribution in [1.29, 1.82) is 0 Å². The second kappa shape index (κ2) is 11.1. The second-order valence-corrected chi connectivity index (χ2v) is 8.32. The van der Waals surface area contributed by atoms with Crippen LogP contribution in [0.5, 0.6) is 0 Å². The molecule has 5 heteroatoms. The first-order chi connectivity index (χ1) is 13.5. The van der Waals surface area contributed by atoms with Crippen LogP contribution in [0, 0.1) is 16.6 Å². The molecule has 2 aromatic rings. The van der Waals surface area contributed by atoms with Gasteiger partial charge in [-0.2, -0.15) is 0 Å². The summed E-state index contributed by atoms with van der Waals surface area (Å²) in [6, 6.07) is 7.94. The number of para-hydroxylation sites is 2. The standard InChI is InChI=1S/C23H38N2O2S/c1-5-9-13-17(7-3)21(26)24-19-15-11-12-16-20(19)25(23(24)28)22(27)18(8-4)14-10-6-2/h11-12,15-18,21-22,26-27H,5-10,13-14H2,1-4H3. The van der Waals surface area contributed by atoms with Crippen molar-refractivity contribution in [3.05, 3.63) is 29.0 Å². The van der Waals surface area contributed by atoms with Gasteiger partial charge in [-0.3, -0.25) is 9.13 Å². The van der Waals surface area contributed by atoms with E-state index in [1.165, 1.54) is 0 Å². The molecular formula is C23H38N2O2S. The summed E-state index contributed by atoms with van der Waals surface area (Å²) in [6.07, 6.45) is 6.85. The molecule has 0 saturated heterocycles. The van der Waals surface area contributed by atoms with Crippen molar-refractivity contribution in [3.8, 4) is 0 Å². The molecule has 2 rings (SSSR count). The van der Waals surface area contributed by atoms with Crippen LogP contribution in [0.3, 0.4) is 0 Å².